The zero-order chi connectivity index (χ0) is 12.7. The number of thiocarbonyl (C=S) groups is 1. The molecule has 1 amide bonds. The topological polar surface area (TPSA) is 41.1 Å². The quantitative estimate of drug-likeness (QED) is 0.638. The van der Waals surface area contributed by atoms with Gasteiger partial charge in [-0.2, -0.15) is 0 Å². The number of hydrogen-bond donors (Lipinski definition) is 2. The molecule has 1 aromatic carbocycles. The highest BCUT2D eigenvalue weighted by Gasteiger charge is 2.03. The van der Waals surface area contributed by atoms with E-state index in [9.17, 15) is 4.79 Å². The van der Waals surface area contributed by atoms with Crippen LogP contribution in [0.2, 0.25) is 0 Å². The van der Waals surface area contributed by atoms with Crippen LogP contribution >= 0.6 is 34.8 Å². The van der Waals surface area contributed by atoms with Gasteiger partial charge < -0.3 is 10.6 Å². The van der Waals surface area contributed by atoms with E-state index < -0.39 is 0 Å². The number of carbonyl (C=O) groups excluding carboxylic acids is 1. The SMILES string of the molecule is CCCCC(=O)NC(=S)Nc1ccc(I)cc1. The molecular weight excluding hydrogens is 347 g/mol. The normalized spacial score (nSPS) is 9.76. The summed E-state index contributed by atoms with van der Waals surface area (Å²) < 4.78 is 1.16. The molecule has 92 valence electrons. The largest absolute Gasteiger partial charge is 0.332 e. The molecule has 0 spiro atoms. The smallest absolute Gasteiger partial charge is 0.226 e. The molecule has 0 saturated carbocycles. The minimum atomic E-state index is -0.0325. The molecule has 17 heavy (non-hydrogen) atoms. The second kappa shape index (κ2) is 7.60. The summed E-state index contributed by atoms with van der Waals surface area (Å²) in [5, 5.41) is 5.98. The molecule has 0 heterocycles. The molecule has 0 unspecified atom stereocenters. The van der Waals surface area contributed by atoms with Crippen molar-refractivity contribution in [3.8, 4) is 0 Å². The van der Waals surface area contributed by atoms with Crippen molar-refractivity contribution in [3.63, 3.8) is 0 Å². The van der Waals surface area contributed by atoms with Crippen molar-refractivity contribution in [1.82, 2.24) is 5.32 Å². The molecule has 0 bridgehead atoms. The predicted octanol–water partition coefficient (Wildman–Crippen LogP) is 3.29. The van der Waals surface area contributed by atoms with E-state index in [1.807, 2.05) is 24.3 Å². The average molecular weight is 362 g/mol. The van der Waals surface area contributed by atoms with Crippen LogP contribution in [0.5, 0.6) is 0 Å². The van der Waals surface area contributed by atoms with Gasteiger partial charge in [-0.15, -0.1) is 0 Å². The maximum atomic E-state index is 11.4. The molecule has 0 aliphatic rings. The second-order valence-corrected chi connectivity index (χ2v) is 5.27. The van der Waals surface area contributed by atoms with Gasteiger partial charge in [-0.1, -0.05) is 13.3 Å². The number of unbranched alkanes of at least 4 members (excludes halogenated alkanes) is 1. The Morgan fingerprint density at radius 1 is 1.35 bits per heavy atom. The van der Waals surface area contributed by atoms with Crippen LogP contribution in [0.25, 0.3) is 0 Å². The Kier molecular flexibility index (Phi) is 6.43. The molecule has 2 N–H and O–H groups in total. The summed E-state index contributed by atoms with van der Waals surface area (Å²) in [4.78, 5) is 11.4. The van der Waals surface area contributed by atoms with Crippen molar-refractivity contribution >= 4 is 51.5 Å². The highest BCUT2D eigenvalue weighted by molar-refractivity contribution is 14.1. The molecule has 0 saturated heterocycles. The third-order valence-electron chi connectivity index (χ3n) is 2.11. The first-order chi connectivity index (χ1) is 8.11. The fourth-order valence-electron chi connectivity index (χ4n) is 1.22. The minimum absolute atomic E-state index is 0.0325. The minimum Gasteiger partial charge on any atom is -0.332 e. The lowest BCUT2D eigenvalue weighted by atomic mass is 10.2. The third kappa shape index (κ3) is 5.97. The molecule has 1 aromatic rings. The Morgan fingerprint density at radius 2 is 2.00 bits per heavy atom. The summed E-state index contributed by atoms with van der Waals surface area (Å²) in [5.41, 5.74) is 0.881. The first-order valence-corrected chi connectivity index (χ1v) is 6.97. The monoisotopic (exact) mass is 362 g/mol. The number of carbonyl (C=O) groups is 1. The van der Waals surface area contributed by atoms with Crippen molar-refractivity contribution in [2.24, 2.45) is 0 Å². The van der Waals surface area contributed by atoms with Gasteiger partial charge in [0.1, 0.15) is 0 Å². The number of rotatable bonds is 4. The number of halogens is 1. The van der Waals surface area contributed by atoms with Crippen LogP contribution in [-0.2, 0) is 4.79 Å². The summed E-state index contributed by atoms with van der Waals surface area (Å²) in [6.07, 6.45) is 2.41. The first kappa shape index (κ1) is 14.4. The first-order valence-electron chi connectivity index (χ1n) is 5.48. The standard InChI is InChI=1S/C12H15IN2OS/c1-2-3-4-11(16)15-12(17)14-10-7-5-9(13)6-8-10/h5-8H,2-4H2,1H3,(H2,14,15,16,17). The molecule has 0 fully saturated rings. The average Bonchev–Trinajstić information content (AvgIpc) is 2.29. The summed E-state index contributed by atoms with van der Waals surface area (Å²) in [6.45, 7) is 2.05. The van der Waals surface area contributed by atoms with Gasteiger partial charge in [-0.3, -0.25) is 4.79 Å². The van der Waals surface area contributed by atoms with E-state index >= 15 is 0 Å². The van der Waals surface area contributed by atoms with E-state index in [4.69, 9.17) is 12.2 Å². The van der Waals surface area contributed by atoms with Crippen LogP contribution in [0, 0.1) is 3.57 Å². The highest BCUT2D eigenvalue weighted by Crippen LogP contribution is 2.10. The van der Waals surface area contributed by atoms with Crippen molar-refractivity contribution in [2.45, 2.75) is 26.2 Å². The van der Waals surface area contributed by atoms with Crippen LogP contribution < -0.4 is 10.6 Å². The van der Waals surface area contributed by atoms with Crippen LogP contribution in [-0.4, -0.2) is 11.0 Å². The number of hydrogen-bond acceptors (Lipinski definition) is 2. The van der Waals surface area contributed by atoms with Gasteiger partial charge in [-0.25, -0.2) is 0 Å². The van der Waals surface area contributed by atoms with Crippen molar-refractivity contribution in [2.75, 3.05) is 5.32 Å². The molecule has 0 aliphatic carbocycles. The number of benzene rings is 1. The molecular formula is C12H15IN2OS. The molecule has 1 rings (SSSR count). The molecule has 3 nitrogen and oxygen atoms in total. The Balaban J connectivity index is 2.39. The van der Waals surface area contributed by atoms with Gasteiger partial charge in [0.2, 0.25) is 5.91 Å². The van der Waals surface area contributed by atoms with Gasteiger partial charge in [-0.05, 0) is 65.5 Å². The maximum absolute atomic E-state index is 11.4. The van der Waals surface area contributed by atoms with Crippen molar-refractivity contribution < 1.29 is 4.79 Å². The van der Waals surface area contributed by atoms with E-state index in [-0.39, 0.29) is 5.91 Å². The predicted molar refractivity (Wildman–Crippen MR) is 83.0 cm³/mol. The zero-order valence-corrected chi connectivity index (χ0v) is 12.6. The van der Waals surface area contributed by atoms with Gasteiger partial charge in [0, 0.05) is 15.7 Å². The Hall–Kier alpha value is -0.690. The molecule has 5 heteroatoms. The number of amides is 1. The Labute approximate surface area is 121 Å². The van der Waals surface area contributed by atoms with Gasteiger partial charge in [0.25, 0.3) is 0 Å². The molecule has 0 radical (unpaired) electrons. The van der Waals surface area contributed by atoms with Gasteiger partial charge >= 0.3 is 0 Å². The number of nitrogens with one attached hydrogen (secondary N) is 2. The maximum Gasteiger partial charge on any atom is 0.226 e. The van der Waals surface area contributed by atoms with E-state index in [2.05, 4.69) is 40.1 Å². The molecule has 0 atom stereocenters. The Bertz CT molecular complexity index is 392. The number of anilines is 1. The zero-order valence-electron chi connectivity index (χ0n) is 9.63. The van der Waals surface area contributed by atoms with Crippen molar-refractivity contribution in [3.05, 3.63) is 27.8 Å². The van der Waals surface area contributed by atoms with E-state index in [1.54, 1.807) is 0 Å². The second-order valence-electron chi connectivity index (χ2n) is 3.61. The summed E-state index contributed by atoms with van der Waals surface area (Å²) in [5.74, 6) is -0.0325. The fraction of sp³-hybridized carbons (Fsp3) is 0.333. The lowest BCUT2D eigenvalue weighted by molar-refractivity contribution is -0.119. The van der Waals surface area contributed by atoms with Crippen LogP contribution in [0.4, 0.5) is 5.69 Å². The van der Waals surface area contributed by atoms with Crippen LogP contribution in [0.1, 0.15) is 26.2 Å². The summed E-state index contributed by atoms with van der Waals surface area (Å²) in [7, 11) is 0. The summed E-state index contributed by atoms with van der Waals surface area (Å²) >= 11 is 7.29. The van der Waals surface area contributed by atoms with Gasteiger partial charge in [0.05, 0.1) is 0 Å². The lowest BCUT2D eigenvalue weighted by Gasteiger charge is -2.09. The van der Waals surface area contributed by atoms with Crippen molar-refractivity contribution in [1.29, 1.82) is 0 Å². The van der Waals surface area contributed by atoms with Crippen LogP contribution in [0.15, 0.2) is 24.3 Å². The Morgan fingerprint density at radius 3 is 2.59 bits per heavy atom. The highest BCUT2D eigenvalue weighted by atomic mass is 127. The van der Waals surface area contributed by atoms with Crippen LogP contribution in [0.3, 0.4) is 0 Å². The lowest BCUT2D eigenvalue weighted by Crippen LogP contribution is -2.33. The summed E-state index contributed by atoms with van der Waals surface area (Å²) in [6, 6.07) is 7.80. The van der Waals surface area contributed by atoms with E-state index in [0.29, 0.717) is 11.5 Å². The van der Waals surface area contributed by atoms with E-state index in [0.717, 1.165) is 22.1 Å². The molecule has 0 aromatic heterocycles. The van der Waals surface area contributed by atoms with Gasteiger partial charge in [0.15, 0.2) is 5.11 Å². The van der Waals surface area contributed by atoms with E-state index in [1.165, 1.54) is 0 Å². The fourth-order valence-corrected chi connectivity index (χ4v) is 1.81. The molecule has 0 aliphatic heterocycles. The third-order valence-corrected chi connectivity index (χ3v) is 3.04.